The molecule has 2 atom stereocenters. The van der Waals surface area contributed by atoms with Crippen LogP contribution in [-0.4, -0.2) is 17.5 Å². The van der Waals surface area contributed by atoms with Crippen molar-refractivity contribution in [2.45, 2.75) is 25.3 Å². The summed E-state index contributed by atoms with van der Waals surface area (Å²) in [6.07, 6.45) is 3.25. The maximum Gasteiger partial charge on any atom is 0.293 e. The van der Waals surface area contributed by atoms with E-state index in [9.17, 15) is 10.1 Å². The van der Waals surface area contributed by atoms with Gasteiger partial charge in [-0.3, -0.25) is 10.1 Å². The molecule has 0 saturated heterocycles. The first-order valence-electron chi connectivity index (χ1n) is 6.02. The molecule has 98 valence electrons. The molecule has 5 nitrogen and oxygen atoms in total. The molecular weight excluding hydrogens is 298 g/mol. The van der Waals surface area contributed by atoms with Gasteiger partial charge in [0.2, 0.25) is 0 Å². The predicted molar refractivity (Wildman–Crippen MR) is 74.6 cm³/mol. The standard InChI is InChI=1S/C12H16BrN3O2/c13-9-4-5-11(12(6-9)16(17)18)15-10-3-1-2-8(10)7-14/h4-6,8,10,15H,1-3,7,14H2. The third-order valence-electron chi connectivity index (χ3n) is 3.46. The summed E-state index contributed by atoms with van der Waals surface area (Å²) in [6.45, 7) is 0.627. The third kappa shape index (κ3) is 2.81. The molecule has 1 fully saturated rings. The van der Waals surface area contributed by atoms with E-state index in [0.717, 1.165) is 19.3 Å². The first-order valence-corrected chi connectivity index (χ1v) is 6.81. The van der Waals surface area contributed by atoms with E-state index in [-0.39, 0.29) is 16.7 Å². The fourth-order valence-electron chi connectivity index (χ4n) is 2.49. The fourth-order valence-corrected chi connectivity index (χ4v) is 2.84. The zero-order valence-electron chi connectivity index (χ0n) is 9.93. The van der Waals surface area contributed by atoms with Crippen molar-refractivity contribution in [3.05, 3.63) is 32.8 Å². The highest BCUT2D eigenvalue weighted by Gasteiger charge is 2.27. The Morgan fingerprint density at radius 3 is 2.94 bits per heavy atom. The minimum Gasteiger partial charge on any atom is -0.376 e. The van der Waals surface area contributed by atoms with Crippen molar-refractivity contribution in [2.75, 3.05) is 11.9 Å². The third-order valence-corrected chi connectivity index (χ3v) is 3.95. The zero-order valence-corrected chi connectivity index (χ0v) is 11.5. The molecule has 1 aliphatic carbocycles. The number of nitro benzene ring substituents is 1. The molecule has 1 saturated carbocycles. The lowest BCUT2D eigenvalue weighted by Gasteiger charge is -2.20. The molecule has 0 amide bonds. The number of nitrogens with one attached hydrogen (secondary N) is 1. The van der Waals surface area contributed by atoms with Crippen molar-refractivity contribution in [3.63, 3.8) is 0 Å². The van der Waals surface area contributed by atoms with E-state index < -0.39 is 0 Å². The van der Waals surface area contributed by atoms with Crippen LogP contribution in [0.3, 0.4) is 0 Å². The van der Waals surface area contributed by atoms with E-state index in [1.54, 1.807) is 6.07 Å². The van der Waals surface area contributed by atoms with Crippen LogP contribution in [0, 0.1) is 16.0 Å². The molecule has 18 heavy (non-hydrogen) atoms. The Hall–Kier alpha value is -1.14. The van der Waals surface area contributed by atoms with Gasteiger partial charge in [-0.25, -0.2) is 0 Å². The minimum absolute atomic E-state index is 0.104. The lowest BCUT2D eigenvalue weighted by atomic mass is 10.0. The van der Waals surface area contributed by atoms with Crippen LogP contribution in [0.2, 0.25) is 0 Å². The van der Waals surface area contributed by atoms with Gasteiger partial charge in [-0.1, -0.05) is 22.4 Å². The van der Waals surface area contributed by atoms with Crippen molar-refractivity contribution in [1.82, 2.24) is 0 Å². The lowest BCUT2D eigenvalue weighted by molar-refractivity contribution is -0.384. The second kappa shape index (κ2) is 5.67. The summed E-state index contributed by atoms with van der Waals surface area (Å²) in [5, 5.41) is 14.3. The van der Waals surface area contributed by atoms with Crippen LogP contribution in [0.4, 0.5) is 11.4 Å². The molecule has 6 heteroatoms. The Labute approximate surface area is 114 Å². The van der Waals surface area contributed by atoms with Gasteiger partial charge in [0.25, 0.3) is 5.69 Å². The van der Waals surface area contributed by atoms with Crippen LogP contribution in [0.5, 0.6) is 0 Å². The summed E-state index contributed by atoms with van der Waals surface area (Å²) in [7, 11) is 0. The van der Waals surface area contributed by atoms with E-state index >= 15 is 0 Å². The molecule has 2 rings (SSSR count). The Bertz CT molecular complexity index is 453. The number of hydrogen-bond acceptors (Lipinski definition) is 4. The smallest absolute Gasteiger partial charge is 0.293 e. The number of rotatable bonds is 4. The number of nitro groups is 1. The summed E-state index contributed by atoms with van der Waals surface area (Å²) < 4.78 is 0.710. The van der Waals surface area contributed by atoms with Gasteiger partial charge in [0.05, 0.1) is 4.92 Å². The van der Waals surface area contributed by atoms with E-state index in [1.807, 2.05) is 6.07 Å². The Kier molecular flexibility index (Phi) is 4.19. The first-order chi connectivity index (χ1) is 8.61. The van der Waals surface area contributed by atoms with E-state index in [4.69, 9.17) is 5.73 Å². The molecule has 0 spiro atoms. The van der Waals surface area contributed by atoms with E-state index in [0.29, 0.717) is 22.6 Å². The summed E-state index contributed by atoms with van der Waals surface area (Å²) in [6, 6.07) is 5.32. The molecule has 0 radical (unpaired) electrons. The summed E-state index contributed by atoms with van der Waals surface area (Å²) in [5.41, 5.74) is 6.40. The monoisotopic (exact) mass is 313 g/mol. The van der Waals surface area contributed by atoms with Crippen LogP contribution in [0.25, 0.3) is 0 Å². The number of anilines is 1. The maximum absolute atomic E-state index is 11.0. The number of hydrogen-bond donors (Lipinski definition) is 2. The van der Waals surface area contributed by atoms with Gasteiger partial charge in [-0.2, -0.15) is 0 Å². The number of halogens is 1. The molecule has 2 unspecified atom stereocenters. The molecule has 1 aliphatic rings. The maximum atomic E-state index is 11.0. The summed E-state index contributed by atoms with van der Waals surface area (Å²) >= 11 is 3.25. The van der Waals surface area contributed by atoms with Crippen LogP contribution < -0.4 is 11.1 Å². The second-order valence-corrected chi connectivity index (χ2v) is 5.51. The number of benzene rings is 1. The molecule has 0 heterocycles. The van der Waals surface area contributed by atoms with Crippen molar-refractivity contribution in [1.29, 1.82) is 0 Å². The number of nitrogens with two attached hydrogens (primary N) is 1. The molecule has 1 aromatic carbocycles. The topological polar surface area (TPSA) is 81.2 Å². The van der Waals surface area contributed by atoms with E-state index in [2.05, 4.69) is 21.2 Å². The second-order valence-electron chi connectivity index (χ2n) is 4.60. The van der Waals surface area contributed by atoms with Gasteiger partial charge in [0, 0.05) is 16.6 Å². The molecule has 0 aliphatic heterocycles. The zero-order chi connectivity index (χ0) is 13.1. The molecule has 0 bridgehead atoms. The van der Waals surface area contributed by atoms with Crippen LogP contribution in [0.15, 0.2) is 22.7 Å². The largest absolute Gasteiger partial charge is 0.376 e. The Balaban J connectivity index is 2.20. The summed E-state index contributed by atoms with van der Waals surface area (Å²) in [5.74, 6) is 0.410. The van der Waals surface area contributed by atoms with Crippen molar-refractivity contribution in [3.8, 4) is 0 Å². The van der Waals surface area contributed by atoms with Crippen molar-refractivity contribution >= 4 is 27.3 Å². The molecule has 0 aromatic heterocycles. The van der Waals surface area contributed by atoms with Gasteiger partial charge >= 0.3 is 0 Å². The SMILES string of the molecule is NCC1CCCC1Nc1ccc(Br)cc1[N+](=O)[O-]. The lowest BCUT2D eigenvalue weighted by Crippen LogP contribution is -2.29. The van der Waals surface area contributed by atoms with Gasteiger partial charge in [0.15, 0.2) is 0 Å². The van der Waals surface area contributed by atoms with E-state index in [1.165, 1.54) is 6.07 Å². The number of nitrogens with zero attached hydrogens (tertiary/aromatic N) is 1. The summed E-state index contributed by atoms with van der Waals surface area (Å²) in [4.78, 5) is 10.7. The highest BCUT2D eigenvalue weighted by molar-refractivity contribution is 9.10. The molecule has 3 N–H and O–H groups in total. The van der Waals surface area contributed by atoms with Crippen molar-refractivity contribution in [2.24, 2.45) is 11.7 Å². The van der Waals surface area contributed by atoms with Crippen LogP contribution in [-0.2, 0) is 0 Å². The highest BCUT2D eigenvalue weighted by Crippen LogP contribution is 2.33. The Morgan fingerprint density at radius 1 is 1.50 bits per heavy atom. The average Bonchev–Trinajstić information content (AvgIpc) is 2.78. The van der Waals surface area contributed by atoms with Crippen molar-refractivity contribution < 1.29 is 4.92 Å². The predicted octanol–water partition coefficient (Wildman–Crippen LogP) is 2.90. The Morgan fingerprint density at radius 2 is 2.28 bits per heavy atom. The molecule has 1 aromatic rings. The molecular formula is C12H16BrN3O2. The van der Waals surface area contributed by atoms with Gasteiger partial charge in [-0.15, -0.1) is 0 Å². The van der Waals surface area contributed by atoms with Crippen LogP contribution >= 0.6 is 15.9 Å². The van der Waals surface area contributed by atoms with Crippen LogP contribution in [0.1, 0.15) is 19.3 Å². The minimum atomic E-state index is -0.362. The first kappa shape index (κ1) is 13.3. The van der Waals surface area contributed by atoms with Gasteiger partial charge in [-0.05, 0) is 37.4 Å². The van der Waals surface area contributed by atoms with Gasteiger partial charge in [0.1, 0.15) is 5.69 Å². The quantitative estimate of drug-likeness (QED) is 0.661. The van der Waals surface area contributed by atoms with Gasteiger partial charge < -0.3 is 11.1 Å². The normalized spacial score (nSPS) is 23.0. The average molecular weight is 314 g/mol. The highest BCUT2D eigenvalue weighted by atomic mass is 79.9. The fraction of sp³-hybridized carbons (Fsp3) is 0.500.